The minimum absolute atomic E-state index is 0.0627. The summed E-state index contributed by atoms with van der Waals surface area (Å²) in [6.45, 7) is 1.33. The van der Waals surface area contributed by atoms with Crippen LogP contribution in [0.1, 0.15) is 31.2 Å². The zero-order valence-electron chi connectivity index (χ0n) is 15.4. The fraction of sp³-hybridized carbons (Fsp3) is 0.611. The Balaban J connectivity index is 1.89. The standard InChI is InChI=1S/C18H24F3N3O3S/c19-18(20,21)4-3-13(10-17(27)24-5-7-28-8-6-24)9-16(26)23-12-14-1-2-15(25)22-11-14/h1-2,11,13H,3-10,12H2,(H,22,25)(H,23,26). The number of aromatic nitrogens is 1. The molecule has 0 aromatic carbocycles. The summed E-state index contributed by atoms with van der Waals surface area (Å²) in [6, 6.07) is 2.88. The van der Waals surface area contributed by atoms with E-state index in [1.807, 2.05) is 0 Å². The van der Waals surface area contributed by atoms with Crippen molar-refractivity contribution >= 4 is 23.6 Å². The maximum Gasteiger partial charge on any atom is 0.389 e. The van der Waals surface area contributed by atoms with E-state index in [-0.39, 0.29) is 37.3 Å². The largest absolute Gasteiger partial charge is 0.389 e. The van der Waals surface area contributed by atoms with Gasteiger partial charge in [-0.05, 0) is 17.9 Å². The average molecular weight is 419 g/mol. The van der Waals surface area contributed by atoms with Crippen molar-refractivity contribution in [1.29, 1.82) is 0 Å². The molecule has 0 aliphatic carbocycles. The number of rotatable bonds is 8. The van der Waals surface area contributed by atoms with Gasteiger partial charge in [0.2, 0.25) is 17.4 Å². The van der Waals surface area contributed by atoms with Crippen LogP contribution in [0.15, 0.2) is 23.1 Å². The molecule has 0 radical (unpaired) electrons. The molecular formula is C18H24F3N3O3S. The Kier molecular flexibility index (Phi) is 8.40. The molecule has 28 heavy (non-hydrogen) atoms. The van der Waals surface area contributed by atoms with Crippen molar-refractivity contribution in [1.82, 2.24) is 15.2 Å². The lowest BCUT2D eigenvalue weighted by Gasteiger charge is -2.28. The third kappa shape index (κ3) is 8.37. The number of pyridine rings is 1. The molecule has 2 amide bonds. The predicted molar refractivity (Wildman–Crippen MR) is 101 cm³/mol. The van der Waals surface area contributed by atoms with E-state index < -0.39 is 24.4 Å². The van der Waals surface area contributed by atoms with Gasteiger partial charge in [0.25, 0.3) is 0 Å². The highest BCUT2D eigenvalue weighted by Gasteiger charge is 2.30. The molecule has 0 bridgehead atoms. The first-order valence-electron chi connectivity index (χ1n) is 9.09. The summed E-state index contributed by atoms with van der Waals surface area (Å²) in [5, 5.41) is 2.63. The van der Waals surface area contributed by atoms with Crippen molar-refractivity contribution in [2.45, 2.75) is 38.4 Å². The van der Waals surface area contributed by atoms with Gasteiger partial charge in [-0.25, -0.2) is 0 Å². The van der Waals surface area contributed by atoms with E-state index in [1.54, 1.807) is 22.7 Å². The number of aromatic amines is 1. The van der Waals surface area contributed by atoms with Gasteiger partial charge in [-0.3, -0.25) is 14.4 Å². The number of H-pyrrole nitrogens is 1. The summed E-state index contributed by atoms with van der Waals surface area (Å²) in [4.78, 5) is 39.7. The Bertz CT molecular complexity index is 698. The molecule has 0 spiro atoms. The fourth-order valence-electron chi connectivity index (χ4n) is 2.92. The number of amides is 2. The Morgan fingerprint density at radius 3 is 2.54 bits per heavy atom. The van der Waals surface area contributed by atoms with Crippen molar-refractivity contribution in [3.8, 4) is 0 Å². The molecule has 1 saturated heterocycles. The SMILES string of the molecule is O=C(CC(CCC(F)(F)F)CC(=O)N1CCSCC1)NCc1ccc(=O)[nH]c1. The molecular weight excluding hydrogens is 395 g/mol. The van der Waals surface area contributed by atoms with Crippen LogP contribution in [0.25, 0.3) is 0 Å². The first-order valence-corrected chi connectivity index (χ1v) is 10.2. The van der Waals surface area contributed by atoms with Gasteiger partial charge in [0.15, 0.2) is 0 Å². The van der Waals surface area contributed by atoms with E-state index >= 15 is 0 Å². The van der Waals surface area contributed by atoms with Crippen LogP contribution in [-0.4, -0.2) is 52.5 Å². The second-order valence-corrected chi connectivity index (χ2v) is 7.98. The highest BCUT2D eigenvalue weighted by molar-refractivity contribution is 7.99. The molecule has 0 saturated carbocycles. The summed E-state index contributed by atoms with van der Waals surface area (Å²) in [7, 11) is 0. The van der Waals surface area contributed by atoms with E-state index in [0.717, 1.165) is 11.5 Å². The fourth-order valence-corrected chi connectivity index (χ4v) is 3.82. The van der Waals surface area contributed by atoms with Gasteiger partial charge in [-0.2, -0.15) is 24.9 Å². The Morgan fingerprint density at radius 2 is 1.93 bits per heavy atom. The van der Waals surface area contributed by atoms with E-state index in [0.29, 0.717) is 18.7 Å². The van der Waals surface area contributed by atoms with E-state index in [4.69, 9.17) is 0 Å². The van der Waals surface area contributed by atoms with Gasteiger partial charge in [0.05, 0.1) is 0 Å². The monoisotopic (exact) mass is 419 g/mol. The molecule has 2 heterocycles. The van der Waals surface area contributed by atoms with Gasteiger partial charge in [-0.15, -0.1) is 0 Å². The molecule has 10 heteroatoms. The van der Waals surface area contributed by atoms with Crippen LogP contribution in [0.5, 0.6) is 0 Å². The minimum Gasteiger partial charge on any atom is -0.352 e. The smallest absolute Gasteiger partial charge is 0.352 e. The number of hydrogen-bond acceptors (Lipinski definition) is 4. The van der Waals surface area contributed by atoms with Gasteiger partial charge >= 0.3 is 6.18 Å². The van der Waals surface area contributed by atoms with Crippen molar-refractivity contribution in [2.75, 3.05) is 24.6 Å². The summed E-state index contributed by atoms with van der Waals surface area (Å²) in [5.41, 5.74) is 0.401. The van der Waals surface area contributed by atoms with Gasteiger partial charge in [0, 0.05) is 62.7 Å². The van der Waals surface area contributed by atoms with Crippen molar-refractivity contribution in [3.63, 3.8) is 0 Å². The van der Waals surface area contributed by atoms with Gasteiger partial charge in [-0.1, -0.05) is 6.07 Å². The quantitative estimate of drug-likeness (QED) is 0.678. The zero-order valence-corrected chi connectivity index (χ0v) is 16.2. The van der Waals surface area contributed by atoms with Crippen LogP contribution in [0.3, 0.4) is 0 Å². The number of hydrogen-bond donors (Lipinski definition) is 2. The molecule has 1 atom stereocenters. The van der Waals surface area contributed by atoms with Crippen LogP contribution in [0, 0.1) is 5.92 Å². The van der Waals surface area contributed by atoms with E-state index in [2.05, 4.69) is 10.3 Å². The molecule has 1 aromatic heterocycles. The predicted octanol–water partition coefficient (Wildman–Crippen LogP) is 2.31. The number of thioether (sulfide) groups is 1. The van der Waals surface area contributed by atoms with Crippen molar-refractivity contribution in [2.24, 2.45) is 5.92 Å². The minimum atomic E-state index is -4.32. The molecule has 2 N–H and O–H groups in total. The summed E-state index contributed by atoms with van der Waals surface area (Å²) in [5.74, 6) is 0.359. The molecule has 1 aliphatic rings. The van der Waals surface area contributed by atoms with Crippen LogP contribution in [0.2, 0.25) is 0 Å². The maximum absolute atomic E-state index is 12.6. The Morgan fingerprint density at radius 1 is 1.21 bits per heavy atom. The lowest BCUT2D eigenvalue weighted by Crippen LogP contribution is -2.39. The summed E-state index contributed by atoms with van der Waals surface area (Å²) < 4.78 is 37.9. The lowest BCUT2D eigenvalue weighted by molar-refractivity contribution is -0.142. The number of halogens is 3. The summed E-state index contributed by atoms with van der Waals surface area (Å²) >= 11 is 1.74. The number of alkyl halides is 3. The normalized spacial score (nSPS) is 15.9. The van der Waals surface area contributed by atoms with Crippen LogP contribution in [-0.2, 0) is 16.1 Å². The molecule has 1 fully saturated rings. The third-order valence-electron chi connectivity index (χ3n) is 4.48. The van der Waals surface area contributed by atoms with Crippen molar-refractivity contribution in [3.05, 3.63) is 34.2 Å². The van der Waals surface area contributed by atoms with Crippen LogP contribution in [0.4, 0.5) is 13.2 Å². The van der Waals surface area contributed by atoms with E-state index in [9.17, 15) is 27.6 Å². The molecule has 1 unspecified atom stereocenters. The van der Waals surface area contributed by atoms with Gasteiger partial charge in [0.1, 0.15) is 0 Å². The second-order valence-electron chi connectivity index (χ2n) is 6.76. The molecule has 1 aliphatic heterocycles. The van der Waals surface area contributed by atoms with Gasteiger partial charge < -0.3 is 15.2 Å². The first-order chi connectivity index (χ1) is 13.2. The first kappa shape index (κ1) is 22.3. The number of carbonyl (C=O) groups is 2. The van der Waals surface area contributed by atoms with Crippen LogP contribution < -0.4 is 10.9 Å². The molecule has 1 aromatic rings. The van der Waals surface area contributed by atoms with Crippen molar-refractivity contribution < 1.29 is 22.8 Å². The number of nitrogens with one attached hydrogen (secondary N) is 2. The summed E-state index contributed by atoms with van der Waals surface area (Å²) in [6.07, 6.45) is -4.35. The highest BCUT2D eigenvalue weighted by atomic mass is 32.2. The van der Waals surface area contributed by atoms with Crippen LogP contribution >= 0.6 is 11.8 Å². The third-order valence-corrected chi connectivity index (χ3v) is 5.42. The topological polar surface area (TPSA) is 82.3 Å². The Labute approximate surface area is 165 Å². The highest BCUT2D eigenvalue weighted by Crippen LogP contribution is 2.27. The number of carbonyl (C=O) groups excluding carboxylic acids is 2. The molecule has 6 nitrogen and oxygen atoms in total. The molecule has 2 rings (SSSR count). The number of nitrogens with zero attached hydrogens (tertiary/aromatic N) is 1. The average Bonchev–Trinajstić information content (AvgIpc) is 2.65. The lowest BCUT2D eigenvalue weighted by atomic mass is 9.94. The Hall–Kier alpha value is -1.97. The maximum atomic E-state index is 12.6. The van der Waals surface area contributed by atoms with E-state index in [1.165, 1.54) is 12.3 Å². The zero-order chi connectivity index (χ0) is 20.6. The second kappa shape index (κ2) is 10.5. The molecule has 156 valence electrons.